The second-order valence-electron chi connectivity index (χ2n) is 7.28. The fraction of sp³-hybridized carbons (Fsp3) is 0.500. The fourth-order valence-corrected chi connectivity index (χ4v) is 4.06. The van der Waals surface area contributed by atoms with Gasteiger partial charge in [0.25, 0.3) is 0 Å². The van der Waals surface area contributed by atoms with E-state index in [9.17, 15) is 14.9 Å². The standard InChI is InChI=1S/C18H17N3O4/c19-7-10-1-2-13(15-16(10)24-9-18(15)3-4-18)25-12-5-11(6-12)21-14(22)8-20-17(21)23/h1-2,11-12H,3-6,8-9H2,(H,20,23). The molecule has 0 atom stereocenters. The zero-order chi connectivity index (χ0) is 17.2. The number of nitrogens with one attached hydrogen (secondary N) is 1. The molecule has 1 aromatic rings. The topological polar surface area (TPSA) is 91.7 Å². The Hall–Kier alpha value is -2.75. The number of nitrogens with zero attached hydrogens (tertiary/aromatic N) is 2. The summed E-state index contributed by atoms with van der Waals surface area (Å²) in [4.78, 5) is 24.8. The average Bonchev–Trinajstić information content (AvgIpc) is 3.15. The molecule has 1 spiro atoms. The molecule has 3 amide bonds. The molecule has 4 aliphatic rings. The molecule has 2 saturated carbocycles. The maximum atomic E-state index is 11.8. The predicted molar refractivity (Wildman–Crippen MR) is 85.2 cm³/mol. The van der Waals surface area contributed by atoms with Gasteiger partial charge in [-0.15, -0.1) is 0 Å². The van der Waals surface area contributed by atoms with E-state index in [0.29, 0.717) is 30.8 Å². The molecule has 3 fully saturated rings. The minimum absolute atomic E-state index is 0.0193. The number of ether oxygens (including phenoxy) is 2. The molecule has 2 aliphatic carbocycles. The highest BCUT2D eigenvalue weighted by Gasteiger charge is 2.54. The predicted octanol–water partition coefficient (Wildman–Crippen LogP) is 1.44. The summed E-state index contributed by atoms with van der Waals surface area (Å²) in [5.41, 5.74) is 1.60. The highest BCUT2D eigenvalue weighted by molar-refractivity contribution is 6.02. The van der Waals surface area contributed by atoms with Gasteiger partial charge in [0, 0.05) is 29.9 Å². The summed E-state index contributed by atoms with van der Waals surface area (Å²) in [6.45, 7) is 0.705. The number of benzene rings is 1. The Kier molecular flexibility index (Phi) is 2.85. The van der Waals surface area contributed by atoms with Crippen LogP contribution < -0.4 is 14.8 Å². The summed E-state index contributed by atoms with van der Waals surface area (Å²) in [6.07, 6.45) is 3.37. The molecule has 1 aromatic carbocycles. The van der Waals surface area contributed by atoms with Crippen molar-refractivity contribution >= 4 is 11.9 Å². The summed E-state index contributed by atoms with van der Waals surface area (Å²) < 4.78 is 12.0. The second kappa shape index (κ2) is 4.88. The van der Waals surface area contributed by atoms with Gasteiger partial charge in [0.15, 0.2) is 0 Å². The Morgan fingerprint density at radius 3 is 2.76 bits per heavy atom. The first-order valence-corrected chi connectivity index (χ1v) is 8.58. The summed E-state index contributed by atoms with van der Waals surface area (Å²) >= 11 is 0. The van der Waals surface area contributed by atoms with E-state index in [1.807, 2.05) is 6.07 Å². The number of hydrogen-bond acceptors (Lipinski definition) is 5. The van der Waals surface area contributed by atoms with Crippen molar-refractivity contribution in [3.8, 4) is 17.6 Å². The van der Waals surface area contributed by atoms with E-state index in [-0.39, 0.29) is 36.0 Å². The molecular weight excluding hydrogens is 322 g/mol. The largest absolute Gasteiger partial charge is 0.491 e. The molecule has 1 saturated heterocycles. The van der Waals surface area contributed by atoms with Gasteiger partial charge in [0.1, 0.15) is 23.7 Å². The van der Waals surface area contributed by atoms with Gasteiger partial charge in [-0.3, -0.25) is 9.69 Å². The van der Waals surface area contributed by atoms with Crippen molar-refractivity contribution in [3.63, 3.8) is 0 Å². The quantitative estimate of drug-likeness (QED) is 0.842. The minimum Gasteiger partial charge on any atom is -0.491 e. The molecular formula is C18H17N3O4. The van der Waals surface area contributed by atoms with E-state index in [0.717, 1.165) is 24.2 Å². The lowest BCUT2D eigenvalue weighted by atomic mass is 9.87. The van der Waals surface area contributed by atoms with Gasteiger partial charge >= 0.3 is 6.03 Å². The van der Waals surface area contributed by atoms with Crippen LogP contribution in [0.5, 0.6) is 11.5 Å². The molecule has 0 radical (unpaired) electrons. The van der Waals surface area contributed by atoms with Crippen molar-refractivity contribution in [1.82, 2.24) is 10.2 Å². The van der Waals surface area contributed by atoms with Gasteiger partial charge in [-0.1, -0.05) is 0 Å². The Morgan fingerprint density at radius 2 is 2.12 bits per heavy atom. The number of urea groups is 1. The molecule has 25 heavy (non-hydrogen) atoms. The van der Waals surface area contributed by atoms with Crippen LogP contribution in [-0.4, -0.2) is 42.1 Å². The van der Waals surface area contributed by atoms with Crippen LogP contribution in [0.2, 0.25) is 0 Å². The monoisotopic (exact) mass is 339 g/mol. The first kappa shape index (κ1) is 14.6. The molecule has 5 rings (SSSR count). The van der Waals surface area contributed by atoms with E-state index < -0.39 is 0 Å². The molecule has 2 heterocycles. The van der Waals surface area contributed by atoms with Gasteiger partial charge in [-0.05, 0) is 25.0 Å². The third kappa shape index (κ3) is 2.03. The first-order valence-electron chi connectivity index (χ1n) is 8.58. The van der Waals surface area contributed by atoms with Crippen molar-refractivity contribution in [2.45, 2.75) is 43.2 Å². The molecule has 7 heteroatoms. The number of nitriles is 1. The summed E-state index contributed by atoms with van der Waals surface area (Å²) in [6, 6.07) is 5.39. The third-order valence-corrected chi connectivity index (χ3v) is 5.72. The molecule has 7 nitrogen and oxygen atoms in total. The Labute approximate surface area is 144 Å². The van der Waals surface area contributed by atoms with Crippen molar-refractivity contribution in [2.24, 2.45) is 0 Å². The van der Waals surface area contributed by atoms with E-state index in [1.165, 1.54) is 4.90 Å². The molecule has 0 bridgehead atoms. The number of carbonyl (C=O) groups is 2. The summed E-state index contributed by atoms with van der Waals surface area (Å²) in [5.74, 6) is 1.28. The lowest BCUT2D eigenvalue weighted by Crippen LogP contribution is -2.51. The van der Waals surface area contributed by atoms with Crippen LogP contribution in [0.1, 0.15) is 36.8 Å². The molecule has 2 aliphatic heterocycles. The van der Waals surface area contributed by atoms with E-state index in [1.54, 1.807) is 6.07 Å². The van der Waals surface area contributed by atoms with Crippen LogP contribution in [0, 0.1) is 11.3 Å². The fourth-order valence-electron chi connectivity index (χ4n) is 4.06. The van der Waals surface area contributed by atoms with Crippen LogP contribution >= 0.6 is 0 Å². The molecule has 1 N–H and O–H groups in total. The van der Waals surface area contributed by atoms with Gasteiger partial charge < -0.3 is 14.8 Å². The Balaban J connectivity index is 1.34. The Morgan fingerprint density at radius 1 is 1.32 bits per heavy atom. The lowest BCUT2D eigenvalue weighted by molar-refractivity contribution is -0.129. The van der Waals surface area contributed by atoms with Crippen LogP contribution in [0.25, 0.3) is 0 Å². The minimum atomic E-state index is -0.307. The summed E-state index contributed by atoms with van der Waals surface area (Å²) in [7, 11) is 0. The van der Waals surface area contributed by atoms with E-state index in [2.05, 4.69) is 11.4 Å². The zero-order valence-electron chi connectivity index (χ0n) is 13.6. The highest BCUT2D eigenvalue weighted by atomic mass is 16.5. The van der Waals surface area contributed by atoms with Crippen LogP contribution in [0.4, 0.5) is 4.79 Å². The second-order valence-corrected chi connectivity index (χ2v) is 7.28. The first-order chi connectivity index (χ1) is 12.1. The van der Waals surface area contributed by atoms with Crippen molar-refractivity contribution in [3.05, 3.63) is 23.3 Å². The highest BCUT2D eigenvalue weighted by Crippen LogP contribution is 2.59. The van der Waals surface area contributed by atoms with Crippen molar-refractivity contribution in [2.75, 3.05) is 13.2 Å². The van der Waals surface area contributed by atoms with Crippen LogP contribution in [0.15, 0.2) is 12.1 Å². The number of carbonyl (C=O) groups excluding carboxylic acids is 2. The van der Waals surface area contributed by atoms with Gasteiger partial charge in [0.05, 0.1) is 18.7 Å². The van der Waals surface area contributed by atoms with Gasteiger partial charge in [-0.25, -0.2) is 4.79 Å². The molecule has 0 unspecified atom stereocenters. The van der Waals surface area contributed by atoms with Crippen LogP contribution in [-0.2, 0) is 10.2 Å². The third-order valence-electron chi connectivity index (χ3n) is 5.72. The summed E-state index contributed by atoms with van der Waals surface area (Å²) in [5, 5.41) is 11.8. The normalized spacial score (nSPS) is 28.0. The van der Waals surface area contributed by atoms with Gasteiger partial charge in [-0.2, -0.15) is 5.26 Å². The maximum Gasteiger partial charge on any atom is 0.324 e. The number of rotatable bonds is 3. The van der Waals surface area contributed by atoms with Gasteiger partial charge in [0.2, 0.25) is 5.91 Å². The van der Waals surface area contributed by atoms with E-state index >= 15 is 0 Å². The number of imide groups is 1. The molecule has 0 aromatic heterocycles. The SMILES string of the molecule is N#Cc1ccc(OC2CC(N3C(=O)CNC3=O)C2)c2c1OCC21CC1. The van der Waals surface area contributed by atoms with Crippen molar-refractivity contribution in [1.29, 1.82) is 5.26 Å². The smallest absolute Gasteiger partial charge is 0.324 e. The lowest BCUT2D eigenvalue weighted by Gasteiger charge is -2.39. The number of amides is 3. The Bertz CT molecular complexity index is 817. The number of fused-ring (bicyclic) bond motifs is 2. The van der Waals surface area contributed by atoms with Crippen molar-refractivity contribution < 1.29 is 19.1 Å². The zero-order valence-corrected chi connectivity index (χ0v) is 13.6. The number of hydrogen-bond donors (Lipinski definition) is 1. The van der Waals surface area contributed by atoms with E-state index in [4.69, 9.17) is 9.47 Å². The van der Waals surface area contributed by atoms with Crippen LogP contribution in [0.3, 0.4) is 0 Å². The maximum absolute atomic E-state index is 11.8. The molecule has 128 valence electrons. The average molecular weight is 339 g/mol.